The van der Waals surface area contributed by atoms with Crippen molar-refractivity contribution in [3.05, 3.63) is 162 Å². The standard InChI is InChI=1S/C42H26N4O2S/c43-27-33(49(47,48)32-15-5-2-6-16-32)25-31-24-30(41-40(28-12-3-1-4-13-28)45-38-19-9-10-20-39(38)46-41)21-22-34(31)37-26-29-14-7-8-17-35(29)42-36(37)18-11-23-44-42/h1-26H/b33-25+. The second kappa shape index (κ2) is 12.3. The van der Waals surface area contributed by atoms with E-state index in [-0.39, 0.29) is 9.80 Å². The summed E-state index contributed by atoms with van der Waals surface area (Å²) < 4.78 is 27.6. The van der Waals surface area contributed by atoms with Gasteiger partial charge in [0.25, 0.3) is 0 Å². The number of para-hydroxylation sites is 2. The highest BCUT2D eigenvalue weighted by Crippen LogP contribution is 2.39. The average Bonchev–Trinajstić information content (AvgIpc) is 3.16. The van der Waals surface area contributed by atoms with Gasteiger partial charge in [-0.25, -0.2) is 18.4 Å². The molecule has 8 rings (SSSR count). The minimum absolute atomic E-state index is 0.0487. The smallest absolute Gasteiger partial charge is 0.216 e. The van der Waals surface area contributed by atoms with E-state index in [1.165, 1.54) is 18.2 Å². The molecule has 0 saturated heterocycles. The van der Waals surface area contributed by atoms with Gasteiger partial charge < -0.3 is 0 Å². The number of benzene rings is 6. The van der Waals surface area contributed by atoms with E-state index in [1.807, 2.05) is 115 Å². The summed E-state index contributed by atoms with van der Waals surface area (Å²) in [7, 11) is -4.12. The Morgan fingerprint density at radius 3 is 1.98 bits per heavy atom. The number of hydrogen-bond acceptors (Lipinski definition) is 6. The Bertz CT molecular complexity index is 2740. The number of rotatable bonds is 6. The van der Waals surface area contributed by atoms with E-state index < -0.39 is 9.84 Å². The largest absolute Gasteiger partial charge is 0.256 e. The van der Waals surface area contributed by atoms with Crippen molar-refractivity contribution in [2.45, 2.75) is 4.90 Å². The molecule has 0 fully saturated rings. The molecule has 6 nitrogen and oxygen atoms in total. The van der Waals surface area contributed by atoms with E-state index >= 15 is 0 Å². The molecule has 0 amide bonds. The topological polar surface area (TPSA) is 96.6 Å². The van der Waals surface area contributed by atoms with E-state index in [2.05, 4.69) is 6.07 Å². The van der Waals surface area contributed by atoms with Gasteiger partial charge in [-0.2, -0.15) is 5.26 Å². The van der Waals surface area contributed by atoms with Gasteiger partial charge in [-0.05, 0) is 70.6 Å². The quantitative estimate of drug-likeness (QED) is 0.131. The number of fused-ring (bicyclic) bond motifs is 4. The number of pyridine rings is 1. The maximum absolute atomic E-state index is 13.8. The average molecular weight is 651 g/mol. The summed E-state index contributed by atoms with van der Waals surface area (Å²) in [5, 5.41) is 13.2. The molecule has 0 aliphatic heterocycles. The summed E-state index contributed by atoms with van der Waals surface area (Å²) >= 11 is 0. The molecular formula is C42H26N4O2S. The van der Waals surface area contributed by atoms with Crippen LogP contribution in [0.3, 0.4) is 0 Å². The van der Waals surface area contributed by atoms with Crippen LogP contribution in [0, 0.1) is 11.3 Å². The van der Waals surface area contributed by atoms with E-state index in [9.17, 15) is 13.7 Å². The molecule has 0 bridgehead atoms. The highest BCUT2D eigenvalue weighted by Gasteiger charge is 2.23. The first kappa shape index (κ1) is 29.9. The molecule has 2 heterocycles. The van der Waals surface area contributed by atoms with Crippen LogP contribution in [0.1, 0.15) is 5.56 Å². The number of hydrogen-bond donors (Lipinski definition) is 0. The minimum atomic E-state index is -4.12. The molecule has 0 aliphatic carbocycles. The van der Waals surface area contributed by atoms with Crippen molar-refractivity contribution < 1.29 is 8.42 Å². The predicted octanol–water partition coefficient (Wildman–Crippen LogP) is 9.67. The maximum atomic E-state index is 13.8. The van der Waals surface area contributed by atoms with Gasteiger partial charge >= 0.3 is 0 Å². The lowest BCUT2D eigenvalue weighted by atomic mass is 9.91. The fourth-order valence-electron chi connectivity index (χ4n) is 6.24. The fourth-order valence-corrected chi connectivity index (χ4v) is 7.41. The molecule has 232 valence electrons. The lowest BCUT2D eigenvalue weighted by molar-refractivity contribution is 0.603. The molecule has 6 aromatic carbocycles. The molecule has 0 saturated carbocycles. The highest BCUT2D eigenvalue weighted by molar-refractivity contribution is 7.95. The van der Waals surface area contributed by atoms with Gasteiger partial charge in [0.05, 0.1) is 32.8 Å². The monoisotopic (exact) mass is 650 g/mol. The second-order valence-corrected chi connectivity index (χ2v) is 13.5. The molecule has 49 heavy (non-hydrogen) atoms. The van der Waals surface area contributed by atoms with Crippen LogP contribution in [-0.2, 0) is 9.84 Å². The molecule has 0 radical (unpaired) electrons. The van der Waals surface area contributed by atoms with Gasteiger partial charge in [-0.15, -0.1) is 0 Å². The van der Waals surface area contributed by atoms with Crippen molar-refractivity contribution in [3.8, 4) is 39.7 Å². The van der Waals surface area contributed by atoms with Crippen molar-refractivity contribution in [1.82, 2.24) is 15.0 Å². The summed E-state index contributed by atoms with van der Waals surface area (Å²) in [5.74, 6) is 0. The molecule has 8 aromatic rings. The van der Waals surface area contributed by atoms with Crippen LogP contribution in [0.5, 0.6) is 0 Å². The molecule has 0 aliphatic rings. The summed E-state index contributed by atoms with van der Waals surface area (Å²) in [5.41, 5.74) is 7.44. The zero-order valence-electron chi connectivity index (χ0n) is 26.0. The number of aromatic nitrogens is 3. The Kier molecular flexibility index (Phi) is 7.48. The molecular weight excluding hydrogens is 625 g/mol. The molecule has 0 atom stereocenters. The molecule has 2 aromatic heterocycles. The molecule has 7 heteroatoms. The molecule has 0 N–H and O–H groups in total. The molecule has 0 unspecified atom stereocenters. The van der Waals surface area contributed by atoms with E-state index in [0.29, 0.717) is 17.0 Å². The fraction of sp³-hybridized carbons (Fsp3) is 0. The Labute approximate surface area is 283 Å². The lowest BCUT2D eigenvalue weighted by Gasteiger charge is -2.16. The van der Waals surface area contributed by atoms with Crippen LogP contribution in [0.2, 0.25) is 0 Å². The molecule has 0 spiro atoms. The van der Waals surface area contributed by atoms with Gasteiger partial charge in [0.1, 0.15) is 11.0 Å². The second-order valence-electron chi connectivity index (χ2n) is 11.6. The van der Waals surface area contributed by atoms with Crippen molar-refractivity contribution in [3.63, 3.8) is 0 Å². The van der Waals surface area contributed by atoms with Crippen molar-refractivity contribution in [1.29, 1.82) is 5.26 Å². The summed E-state index contributed by atoms with van der Waals surface area (Å²) in [6.45, 7) is 0. The van der Waals surface area contributed by atoms with Crippen LogP contribution in [-0.4, -0.2) is 23.4 Å². The van der Waals surface area contributed by atoms with E-state index in [4.69, 9.17) is 15.0 Å². The van der Waals surface area contributed by atoms with Crippen molar-refractivity contribution >= 4 is 48.6 Å². The predicted molar refractivity (Wildman–Crippen MR) is 196 cm³/mol. The summed E-state index contributed by atoms with van der Waals surface area (Å²) in [4.78, 5) is 14.5. The summed E-state index contributed by atoms with van der Waals surface area (Å²) in [6.07, 6.45) is 3.24. The highest BCUT2D eigenvalue weighted by atomic mass is 32.2. The van der Waals surface area contributed by atoms with Crippen LogP contribution < -0.4 is 0 Å². The van der Waals surface area contributed by atoms with E-state index in [0.717, 1.165) is 55.0 Å². The first-order chi connectivity index (χ1) is 24.0. The van der Waals surface area contributed by atoms with E-state index in [1.54, 1.807) is 24.4 Å². The van der Waals surface area contributed by atoms with Gasteiger partial charge in [0.2, 0.25) is 9.84 Å². The van der Waals surface area contributed by atoms with Crippen LogP contribution >= 0.6 is 0 Å². The number of nitrogens with zero attached hydrogens (tertiary/aromatic N) is 4. The van der Waals surface area contributed by atoms with Crippen molar-refractivity contribution in [2.24, 2.45) is 0 Å². The van der Waals surface area contributed by atoms with Gasteiger partial charge in [-0.3, -0.25) is 4.98 Å². The minimum Gasteiger partial charge on any atom is -0.256 e. The van der Waals surface area contributed by atoms with Gasteiger partial charge in [-0.1, -0.05) is 103 Å². The SMILES string of the molecule is N#C/C(=C\c1cc(-c2nc3ccccc3nc2-c2ccccc2)ccc1-c1cc2ccccc2c2ncccc12)S(=O)(=O)c1ccccc1. The Morgan fingerprint density at radius 2 is 1.24 bits per heavy atom. The third kappa shape index (κ3) is 5.40. The first-order valence-corrected chi connectivity index (χ1v) is 17.1. The Morgan fingerprint density at radius 1 is 0.612 bits per heavy atom. The Balaban J connectivity index is 1.43. The van der Waals surface area contributed by atoms with Crippen molar-refractivity contribution in [2.75, 3.05) is 0 Å². The van der Waals surface area contributed by atoms with Crippen LogP contribution in [0.15, 0.2) is 162 Å². The maximum Gasteiger partial charge on any atom is 0.216 e. The van der Waals surface area contributed by atoms with Crippen LogP contribution in [0.25, 0.3) is 72.4 Å². The third-order valence-corrected chi connectivity index (χ3v) is 10.3. The summed E-state index contributed by atoms with van der Waals surface area (Å²) in [6, 6.07) is 47.5. The van der Waals surface area contributed by atoms with Gasteiger partial charge in [0.15, 0.2) is 0 Å². The number of allylic oxidation sites excluding steroid dienone is 1. The normalized spacial score (nSPS) is 11.9. The zero-order chi connectivity index (χ0) is 33.4. The Hall–Kier alpha value is -6.49. The van der Waals surface area contributed by atoms with Gasteiger partial charge in [0, 0.05) is 28.1 Å². The third-order valence-electron chi connectivity index (χ3n) is 8.59. The zero-order valence-corrected chi connectivity index (χ0v) is 26.8. The number of sulfone groups is 1. The van der Waals surface area contributed by atoms with Crippen LogP contribution in [0.4, 0.5) is 0 Å². The number of nitriles is 1. The first-order valence-electron chi connectivity index (χ1n) is 15.7. The lowest BCUT2D eigenvalue weighted by Crippen LogP contribution is -2.03.